The van der Waals surface area contributed by atoms with E-state index in [1.807, 2.05) is 5.16 Å². The summed E-state index contributed by atoms with van der Waals surface area (Å²) in [6.45, 7) is 4.52. The molecule has 0 fully saturated rings. The summed E-state index contributed by atoms with van der Waals surface area (Å²) in [5, 5.41) is 5.25. The van der Waals surface area contributed by atoms with Crippen molar-refractivity contribution in [3.8, 4) is 0 Å². The number of hydrogen-bond donors (Lipinski definition) is 0. The van der Waals surface area contributed by atoms with Crippen LogP contribution in [0.2, 0.25) is 0 Å². The van der Waals surface area contributed by atoms with Crippen LogP contribution >= 0.6 is 18.9 Å². The van der Waals surface area contributed by atoms with Gasteiger partial charge in [0.25, 0.3) is 0 Å². The minimum atomic E-state index is -2.87. The molecule has 0 heterocycles. The molecule has 7 heteroatoms. The van der Waals surface area contributed by atoms with Crippen LogP contribution in [0.4, 0.5) is 0 Å². The Hall–Kier alpha value is -0.350. The van der Waals surface area contributed by atoms with Crippen molar-refractivity contribution >= 4 is 35.9 Å². The van der Waals surface area contributed by atoms with E-state index >= 15 is 0 Å². The third kappa shape index (κ3) is 6.16. The van der Waals surface area contributed by atoms with Gasteiger partial charge < -0.3 is 4.62 Å². The Balaban J connectivity index is 4.30. The predicted octanol–water partition coefficient (Wildman–Crippen LogP) is 2.65. The number of rotatable bonds is 8. The second kappa shape index (κ2) is 8.00. The van der Waals surface area contributed by atoms with Gasteiger partial charge in [0.05, 0.1) is 13.2 Å². The lowest BCUT2D eigenvalue weighted by molar-refractivity contribution is 0.184. The minimum Gasteiger partial charge on any atom is -0.305 e. The molecule has 0 amide bonds. The van der Waals surface area contributed by atoms with E-state index in [9.17, 15) is 0 Å². The van der Waals surface area contributed by atoms with Crippen molar-refractivity contribution in [3.63, 3.8) is 0 Å². The van der Waals surface area contributed by atoms with E-state index in [4.69, 9.17) is 25.5 Å². The average molecular weight is 251 g/mol. The maximum absolute atomic E-state index is 5.12. The molecule has 0 aromatic rings. The lowest BCUT2D eigenvalue weighted by Gasteiger charge is -2.16. The topological polar surface area (TPSA) is 40.0 Å². The fourth-order valence-corrected chi connectivity index (χ4v) is 1.88. The SMILES string of the molecule is C=CCOP(=S)(OCC=C)ON=C=S. The Kier molecular flexibility index (Phi) is 7.80. The van der Waals surface area contributed by atoms with E-state index in [1.165, 1.54) is 12.2 Å². The van der Waals surface area contributed by atoms with Gasteiger partial charge in [0, 0.05) is 11.8 Å². The Morgan fingerprint density at radius 2 is 1.79 bits per heavy atom. The summed E-state index contributed by atoms with van der Waals surface area (Å²) < 4.78 is 15.0. The van der Waals surface area contributed by atoms with Crippen LogP contribution in [0.25, 0.3) is 0 Å². The number of isothiocyanates is 1. The Morgan fingerprint density at radius 1 is 1.29 bits per heavy atom. The monoisotopic (exact) mass is 251 g/mol. The molecule has 0 unspecified atom stereocenters. The number of hydrogen-bond acceptors (Lipinski definition) is 6. The Bertz CT molecular complexity index is 273. The first-order valence-corrected chi connectivity index (χ1v) is 6.52. The number of nitrogens with zero attached hydrogens (tertiary/aromatic N) is 1. The highest BCUT2D eigenvalue weighted by Gasteiger charge is 2.20. The van der Waals surface area contributed by atoms with Crippen LogP contribution in [0, 0.1) is 0 Å². The largest absolute Gasteiger partial charge is 0.403 e. The van der Waals surface area contributed by atoms with Crippen molar-refractivity contribution in [2.24, 2.45) is 5.16 Å². The molecule has 0 aliphatic heterocycles. The first-order valence-electron chi connectivity index (χ1n) is 3.55. The van der Waals surface area contributed by atoms with Gasteiger partial charge in [-0.15, -0.1) is 13.2 Å². The van der Waals surface area contributed by atoms with Crippen LogP contribution in [-0.2, 0) is 25.5 Å². The van der Waals surface area contributed by atoms with E-state index in [2.05, 4.69) is 30.5 Å². The van der Waals surface area contributed by atoms with Crippen molar-refractivity contribution in [2.45, 2.75) is 0 Å². The van der Waals surface area contributed by atoms with E-state index in [1.54, 1.807) is 0 Å². The van der Waals surface area contributed by atoms with Gasteiger partial charge in [0.1, 0.15) is 5.16 Å². The van der Waals surface area contributed by atoms with Gasteiger partial charge in [-0.05, 0) is 17.4 Å². The van der Waals surface area contributed by atoms with Gasteiger partial charge in [0.2, 0.25) is 0 Å². The molecular weight excluding hydrogens is 241 g/mol. The quantitative estimate of drug-likeness (QED) is 0.218. The third-order valence-corrected chi connectivity index (χ3v) is 3.00. The summed E-state index contributed by atoms with van der Waals surface area (Å²) in [6, 6.07) is 0. The van der Waals surface area contributed by atoms with Gasteiger partial charge in [-0.2, -0.15) is 0 Å². The smallest absolute Gasteiger partial charge is 0.305 e. The van der Waals surface area contributed by atoms with Crippen molar-refractivity contribution < 1.29 is 13.7 Å². The van der Waals surface area contributed by atoms with Crippen molar-refractivity contribution in [1.82, 2.24) is 0 Å². The second-order valence-corrected chi connectivity index (χ2v) is 4.98. The van der Waals surface area contributed by atoms with Gasteiger partial charge in [0.15, 0.2) is 0 Å². The van der Waals surface area contributed by atoms with Gasteiger partial charge in [-0.1, -0.05) is 12.2 Å². The predicted molar refractivity (Wildman–Crippen MR) is 62.7 cm³/mol. The molecule has 0 saturated heterocycles. The summed E-state index contributed by atoms with van der Waals surface area (Å²) in [6.07, 6.45) is 3.06. The molecule has 78 valence electrons. The van der Waals surface area contributed by atoms with E-state index in [0.29, 0.717) is 0 Å². The standard InChI is InChI=1S/C7H10NO3PS2/c1-3-5-9-12(14,10-6-4-2)11-8-7-13/h3-4H,1-2,5-6H2. The molecule has 0 aromatic carbocycles. The van der Waals surface area contributed by atoms with E-state index in [-0.39, 0.29) is 13.2 Å². The highest BCUT2D eigenvalue weighted by molar-refractivity contribution is 8.07. The first kappa shape index (κ1) is 13.7. The molecule has 0 aliphatic rings. The molecule has 0 saturated carbocycles. The molecule has 0 bridgehead atoms. The molecule has 0 spiro atoms. The van der Waals surface area contributed by atoms with Crippen molar-refractivity contribution in [2.75, 3.05) is 13.2 Å². The van der Waals surface area contributed by atoms with Gasteiger partial charge in [-0.3, -0.25) is 9.05 Å². The van der Waals surface area contributed by atoms with Crippen molar-refractivity contribution in [1.29, 1.82) is 0 Å². The highest BCUT2D eigenvalue weighted by Crippen LogP contribution is 2.49. The van der Waals surface area contributed by atoms with Crippen LogP contribution in [-0.4, -0.2) is 18.4 Å². The number of thiocarbonyl (C=S) groups is 1. The zero-order valence-electron chi connectivity index (χ0n) is 7.42. The Morgan fingerprint density at radius 3 is 2.14 bits per heavy atom. The normalized spacial score (nSPS) is 10.0. The fourth-order valence-electron chi connectivity index (χ4n) is 0.439. The van der Waals surface area contributed by atoms with E-state index < -0.39 is 6.72 Å². The first-order chi connectivity index (χ1) is 6.68. The molecule has 0 N–H and O–H groups in total. The fraction of sp³-hybridized carbons (Fsp3) is 0.286. The lowest BCUT2D eigenvalue weighted by Crippen LogP contribution is -1.97. The molecule has 0 atom stereocenters. The lowest BCUT2D eigenvalue weighted by atomic mass is 10.7. The average Bonchev–Trinajstić information content (AvgIpc) is 2.21. The van der Waals surface area contributed by atoms with Crippen LogP contribution < -0.4 is 0 Å². The Labute approximate surface area is 93.5 Å². The third-order valence-electron chi connectivity index (χ3n) is 0.879. The van der Waals surface area contributed by atoms with Gasteiger partial charge >= 0.3 is 6.72 Å². The minimum absolute atomic E-state index is 0.224. The molecule has 4 nitrogen and oxygen atoms in total. The van der Waals surface area contributed by atoms with Crippen LogP contribution in [0.1, 0.15) is 0 Å². The zero-order chi connectivity index (χ0) is 10.9. The molecular formula is C7H10NO3PS2. The van der Waals surface area contributed by atoms with Gasteiger partial charge in [-0.25, -0.2) is 0 Å². The maximum Gasteiger partial charge on any atom is 0.403 e. The summed E-state index contributed by atoms with van der Waals surface area (Å²) in [4.78, 5) is 0. The molecule has 0 radical (unpaired) electrons. The molecule has 0 rings (SSSR count). The van der Waals surface area contributed by atoms with Crippen molar-refractivity contribution in [3.05, 3.63) is 25.3 Å². The molecule has 14 heavy (non-hydrogen) atoms. The summed E-state index contributed by atoms with van der Waals surface area (Å²) in [5.74, 6) is 0. The maximum atomic E-state index is 5.12. The highest BCUT2D eigenvalue weighted by atomic mass is 32.5. The second-order valence-electron chi connectivity index (χ2n) is 1.88. The van der Waals surface area contributed by atoms with Crippen LogP contribution in [0.3, 0.4) is 0 Å². The van der Waals surface area contributed by atoms with E-state index in [0.717, 1.165) is 0 Å². The summed E-state index contributed by atoms with van der Waals surface area (Å²) in [5.41, 5.74) is 0. The molecule has 0 aliphatic carbocycles. The zero-order valence-corrected chi connectivity index (χ0v) is 9.95. The van der Waals surface area contributed by atoms with Crippen LogP contribution in [0.15, 0.2) is 30.5 Å². The molecule has 0 aromatic heterocycles. The van der Waals surface area contributed by atoms with Crippen LogP contribution in [0.5, 0.6) is 0 Å². The summed E-state index contributed by atoms with van der Waals surface area (Å²) >= 11 is 9.29. The summed E-state index contributed by atoms with van der Waals surface area (Å²) in [7, 11) is 0.